The van der Waals surface area contributed by atoms with Gasteiger partial charge in [0.2, 0.25) is 5.89 Å². The van der Waals surface area contributed by atoms with Crippen molar-refractivity contribution < 1.29 is 32.2 Å². The fourth-order valence-electron chi connectivity index (χ4n) is 4.88. The Kier molecular flexibility index (Phi) is 8.37. The van der Waals surface area contributed by atoms with Gasteiger partial charge in [0.1, 0.15) is 17.0 Å². The lowest BCUT2D eigenvalue weighted by Gasteiger charge is -2.31. The van der Waals surface area contributed by atoms with E-state index in [1.165, 1.54) is 12.1 Å². The molecule has 0 saturated carbocycles. The normalized spacial score (nSPS) is 14.5. The molecule has 222 valence electrons. The van der Waals surface area contributed by atoms with E-state index in [2.05, 4.69) is 20.2 Å². The number of halogens is 3. The summed E-state index contributed by atoms with van der Waals surface area (Å²) in [4.78, 5) is 23.5. The third kappa shape index (κ3) is 6.34. The van der Waals surface area contributed by atoms with Crippen molar-refractivity contribution in [1.29, 1.82) is 0 Å². The number of ether oxygens (including phenoxy) is 1. The molecular formula is C30H32F3N5O4. The van der Waals surface area contributed by atoms with Crippen LogP contribution in [-0.2, 0) is 19.3 Å². The van der Waals surface area contributed by atoms with E-state index in [-0.39, 0.29) is 53.9 Å². The van der Waals surface area contributed by atoms with Crippen LogP contribution >= 0.6 is 0 Å². The summed E-state index contributed by atoms with van der Waals surface area (Å²) in [6.07, 6.45) is -3.72. The number of alkyl halides is 3. The quantitative estimate of drug-likeness (QED) is 0.263. The minimum atomic E-state index is -4.64. The summed E-state index contributed by atoms with van der Waals surface area (Å²) in [6.45, 7) is 5.21. The third-order valence-electron chi connectivity index (χ3n) is 7.02. The molecule has 0 aliphatic carbocycles. The van der Waals surface area contributed by atoms with Crippen molar-refractivity contribution in [1.82, 2.24) is 15.3 Å². The number of rotatable bonds is 8. The second kappa shape index (κ2) is 12.0. The summed E-state index contributed by atoms with van der Waals surface area (Å²) >= 11 is 0. The lowest BCUT2D eigenvalue weighted by atomic mass is 10.1. The van der Waals surface area contributed by atoms with E-state index in [0.717, 1.165) is 43.2 Å². The number of piperidine rings is 1. The molecule has 4 aromatic rings. The number of benzene rings is 2. The molecule has 2 aromatic carbocycles. The number of oxazole rings is 1. The molecule has 42 heavy (non-hydrogen) atoms. The first-order valence-corrected chi connectivity index (χ1v) is 13.7. The number of carbonyl (C=O) groups is 1. The molecule has 3 heterocycles. The van der Waals surface area contributed by atoms with Gasteiger partial charge in [-0.3, -0.25) is 4.79 Å². The molecule has 0 unspecified atom stereocenters. The van der Waals surface area contributed by atoms with Gasteiger partial charge in [0.25, 0.3) is 5.91 Å². The molecule has 0 bridgehead atoms. The lowest BCUT2D eigenvalue weighted by molar-refractivity contribution is -0.140. The van der Waals surface area contributed by atoms with E-state index in [1.54, 1.807) is 19.9 Å². The van der Waals surface area contributed by atoms with Crippen LogP contribution in [0.4, 0.5) is 18.9 Å². The number of pyridine rings is 1. The molecule has 0 spiro atoms. The summed E-state index contributed by atoms with van der Waals surface area (Å²) in [6, 6.07) is 13.1. The van der Waals surface area contributed by atoms with Gasteiger partial charge in [-0.05, 0) is 68.7 Å². The van der Waals surface area contributed by atoms with Gasteiger partial charge in [-0.15, -0.1) is 0 Å². The summed E-state index contributed by atoms with van der Waals surface area (Å²) in [5, 5.41) is 12.9. The van der Waals surface area contributed by atoms with Crippen molar-refractivity contribution in [2.45, 2.75) is 58.2 Å². The van der Waals surface area contributed by atoms with Gasteiger partial charge in [-0.2, -0.15) is 13.2 Å². The standard InChI is InChI=1S/C30H32F3N5O4/c1-17(2)41-23-9-7-22(21-8-10-25(30(31,32)33)36-26(21)23)29-37-27(24(15-34)42-29)28(40)35-16-18-3-5-19(6-4-18)38-13-11-20(39)12-14-38/h3-10,17,20,39H,11-16,34H2,1-2H3,(H,35,40). The molecule has 9 nitrogen and oxygen atoms in total. The average Bonchev–Trinajstić information content (AvgIpc) is 3.40. The van der Waals surface area contributed by atoms with E-state index >= 15 is 0 Å². The Morgan fingerprint density at radius 2 is 1.83 bits per heavy atom. The molecule has 1 aliphatic rings. The number of aliphatic hydroxyl groups is 1. The summed E-state index contributed by atoms with van der Waals surface area (Å²) < 4.78 is 51.8. The van der Waals surface area contributed by atoms with Gasteiger partial charge in [0.05, 0.1) is 18.8 Å². The molecule has 1 saturated heterocycles. The van der Waals surface area contributed by atoms with Crippen molar-refractivity contribution in [3.8, 4) is 17.2 Å². The van der Waals surface area contributed by atoms with Gasteiger partial charge in [-0.1, -0.05) is 12.1 Å². The molecule has 1 fully saturated rings. The fraction of sp³-hybridized carbons (Fsp3) is 0.367. The Balaban J connectivity index is 1.37. The number of aromatic nitrogens is 2. The zero-order chi connectivity index (χ0) is 30.0. The van der Waals surface area contributed by atoms with Crippen molar-refractivity contribution in [3.05, 3.63) is 71.2 Å². The Morgan fingerprint density at radius 3 is 2.48 bits per heavy atom. The van der Waals surface area contributed by atoms with Crippen molar-refractivity contribution in [2.24, 2.45) is 5.73 Å². The summed E-state index contributed by atoms with van der Waals surface area (Å²) in [5.41, 5.74) is 7.06. The maximum atomic E-state index is 13.4. The van der Waals surface area contributed by atoms with Gasteiger partial charge in [0.15, 0.2) is 11.5 Å². The molecule has 1 amide bonds. The van der Waals surface area contributed by atoms with Crippen LogP contribution in [0, 0.1) is 0 Å². The molecule has 5 rings (SSSR count). The number of aliphatic hydroxyl groups excluding tert-OH is 1. The number of nitrogens with zero attached hydrogens (tertiary/aromatic N) is 3. The highest BCUT2D eigenvalue weighted by Crippen LogP contribution is 2.37. The molecular weight excluding hydrogens is 551 g/mol. The molecule has 12 heteroatoms. The predicted molar refractivity (Wildman–Crippen MR) is 151 cm³/mol. The smallest absolute Gasteiger partial charge is 0.433 e. The molecule has 1 aliphatic heterocycles. The van der Waals surface area contributed by atoms with Crippen LogP contribution in [0.15, 0.2) is 52.9 Å². The van der Waals surface area contributed by atoms with Crippen LogP contribution in [-0.4, -0.2) is 46.3 Å². The average molecular weight is 584 g/mol. The third-order valence-corrected chi connectivity index (χ3v) is 7.02. The molecule has 0 radical (unpaired) electrons. The first kappa shape index (κ1) is 29.3. The Hall–Kier alpha value is -4.16. The second-order valence-electron chi connectivity index (χ2n) is 10.4. The minimum Gasteiger partial charge on any atom is -0.489 e. The van der Waals surface area contributed by atoms with Crippen molar-refractivity contribution >= 4 is 22.5 Å². The highest BCUT2D eigenvalue weighted by molar-refractivity contribution is 5.98. The number of nitrogens with one attached hydrogen (secondary N) is 1. The monoisotopic (exact) mass is 583 g/mol. The zero-order valence-corrected chi connectivity index (χ0v) is 23.2. The number of fused-ring (bicyclic) bond motifs is 1. The van der Waals surface area contributed by atoms with E-state index in [4.69, 9.17) is 14.9 Å². The van der Waals surface area contributed by atoms with Crippen LogP contribution in [0.1, 0.15) is 54.2 Å². The van der Waals surface area contributed by atoms with Crippen LogP contribution in [0.25, 0.3) is 22.4 Å². The van der Waals surface area contributed by atoms with Crippen LogP contribution in [0.5, 0.6) is 5.75 Å². The van der Waals surface area contributed by atoms with Gasteiger partial charge >= 0.3 is 6.18 Å². The number of amides is 1. The number of nitrogens with two attached hydrogens (primary N) is 1. The largest absolute Gasteiger partial charge is 0.489 e. The maximum absolute atomic E-state index is 13.4. The highest BCUT2D eigenvalue weighted by atomic mass is 19.4. The summed E-state index contributed by atoms with van der Waals surface area (Å²) in [5.74, 6) is -0.150. The SMILES string of the molecule is CC(C)Oc1ccc(-c2nc(C(=O)NCc3ccc(N4CCC(O)CC4)cc3)c(CN)o2)c2ccc(C(F)(F)F)nc12. The van der Waals surface area contributed by atoms with Crippen LogP contribution in [0.3, 0.4) is 0 Å². The molecule has 0 atom stereocenters. The first-order chi connectivity index (χ1) is 20.0. The number of hydrogen-bond donors (Lipinski definition) is 3. The van der Waals surface area contributed by atoms with E-state index in [9.17, 15) is 23.1 Å². The number of anilines is 1. The van der Waals surface area contributed by atoms with E-state index in [0.29, 0.717) is 10.9 Å². The highest BCUT2D eigenvalue weighted by Gasteiger charge is 2.33. The van der Waals surface area contributed by atoms with Gasteiger partial charge < -0.3 is 30.2 Å². The minimum absolute atomic E-state index is 0.00120. The molecule has 2 aromatic heterocycles. The molecule has 4 N–H and O–H groups in total. The van der Waals surface area contributed by atoms with Crippen molar-refractivity contribution in [2.75, 3.05) is 18.0 Å². The van der Waals surface area contributed by atoms with E-state index in [1.807, 2.05) is 24.3 Å². The zero-order valence-electron chi connectivity index (χ0n) is 23.2. The first-order valence-electron chi connectivity index (χ1n) is 13.7. The Morgan fingerprint density at radius 1 is 1.12 bits per heavy atom. The fourth-order valence-corrected chi connectivity index (χ4v) is 4.88. The topological polar surface area (TPSA) is 127 Å². The van der Waals surface area contributed by atoms with Gasteiger partial charge in [-0.25, -0.2) is 9.97 Å². The Bertz CT molecular complexity index is 1560. The maximum Gasteiger partial charge on any atom is 0.433 e. The predicted octanol–water partition coefficient (Wildman–Crippen LogP) is 5.05. The van der Waals surface area contributed by atoms with Crippen molar-refractivity contribution in [3.63, 3.8) is 0 Å². The Labute approximate surface area is 240 Å². The number of hydrogen-bond acceptors (Lipinski definition) is 8. The van der Waals surface area contributed by atoms with Gasteiger partial charge in [0, 0.05) is 36.3 Å². The van der Waals surface area contributed by atoms with Crippen LogP contribution < -0.4 is 20.7 Å². The second-order valence-corrected chi connectivity index (χ2v) is 10.4. The van der Waals surface area contributed by atoms with E-state index < -0.39 is 17.8 Å². The number of carbonyl (C=O) groups excluding carboxylic acids is 1. The lowest BCUT2D eigenvalue weighted by Crippen LogP contribution is -2.35. The summed E-state index contributed by atoms with van der Waals surface area (Å²) in [7, 11) is 0. The van der Waals surface area contributed by atoms with Crippen LogP contribution in [0.2, 0.25) is 0 Å².